The van der Waals surface area contributed by atoms with Gasteiger partial charge in [0.25, 0.3) is 5.91 Å². The zero-order valence-electron chi connectivity index (χ0n) is 12.9. The molecule has 0 fully saturated rings. The lowest BCUT2D eigenvalue weighted by Gasteiger charge is -2.07. The maximum absolute atomic E-state index is 13.0. The van der Waals surface area contributed by atoms with Crippen molar-refractivity contribution in [1.82, 2.24) is 0 Å². The highest BCUT2D eigenvalue weighted by molar-refractivity contribution is 7.15. The minimum atomic E-state index is -1.19. The molecule has 3 rings (SSSR count). The van der Waals surface area contributed by atoms with E-state index in [1.807, 2.05) is 0 Å². The first-order chi connectivity index (χ1) is 12.4. The van der Waals surface area contributed by atoms with Crippen LogP contribution < -0.4 is 5.32 Å². The molecule has 0 unspecified atom stereocenters. The Kier molecular flexibility index (Phi) is 5.27. The van der Waals surface area contributed by atoms with Crippen LogP contribution in [0, 0.1) is 5.82 Å². The van der Waals surface area contributed by atoms with Gasteiger partial charge in [-0.25, -0.2) is 9.18 Å². The fourth-order valence-corrected chi connectivity index (χ4v) is 3.57. The van der Waals surface area contributed by atoms with Crippen molar-refractivity contribution in [2.45, 2.75) is 0 Å². The molecular formula is C18H10Cl2FNO3S. The van der Waals surface area contributed by atoms with Crippen LogP contribution >= 0.6 is 34.5 Å². The van der Waals surface area contributed by atoms with Gasteiger partial charge in [-0.1, -0.05) is 29.3 Å². The van der Waals surface area contributed by atoms with Gasteiger partial charge in [0, 0.05) is 16.5 Å². The maximum atomic E-state index is 13.0. The van der Waals surface area contributed by atoms with Crippen molar-refractivity contribution in [3.8, 4) is 11.1 Å². The summed E-state index contributed by atoms with van der Waals surface area (Å²) >= 11 is 13.0. The number of anilines is 1. The van der Waals surface area contributed by atoms with Gasteiger partial charge in [0.1, 0.15) is 16.4 Å². The molecule has 1 heterocycles. The molecule has 0 aliphatic heterocycles. The Morgan fingerprint density at radius 1 is 1.04 bits per heavy atom. The van der Waals surface area contributed by atoms with Crippen molar-refractivity contribution >= 4 is 51.4 Å². The second-order valence-corrected chi connectivity index (χ2v) is 6.94. The van der Waals surface area contributed by atoms with Gasteiger partial charge >= 0.3 is 5.97 Å². The number of carbonyl (C=O) groups excluding carboxylic acids is 1. The fourth-order valence-electron chi connectivity index (χ4n) is 2.31. The summed E-state index contributed by atoms with van der Waals surface area (Å²) in [5, 5.41) is 14.6. The van der Waals surface area contributed by atoms with Crippen LogP contribution in [0.15, 0.2) is 47.8 Å². The molecule has 8 heteroatoms. The van der Waals surface area contributed by atoms with Gasteiger partial charge in [-0.3, -0.25) is 4.79 Å². The summed E-state index contributed by atoms with van der Waals surface area (Å²) in [6, 6.07) is 9.72. The highest BCUT2D eigenvalue weighted by atomic mass is 35.5. The number of halogens is 3. The third-order valence-corrected chi connectivity index (χ3v) is 5.20. The van der Waals surface area contributed by atoms with Gasteiger partial charge in [-0.2, -0.15) is 0 Å². The van der Waals surface area contributed by atoms with E-state index in [2.05, 4.69) is 5.32 Å². The summed E-state index contributed by atoms with van der Waals surface area (Å²) in [5.74, 6) is -2.19. The van der Waals surface area contributed by atoms with Gasteiger partial charge in [0.05, 0.1) is 10.0 Å². The van der Waals surface area contributed by atoms with E-state index in [9.17, 15) is 19.1 Å². The molecule has 0 aliphatic carbocycles. The smallest absolute Gasteiger partial charge is 0.339 e. The molecular weight excluding hydrogens is 400 g/mol. The topological polar surface area (TPSA) is 66.4 Å². The highest BCUT2D eigenvalue weighted by Gasteiger charge is 2.22. The van der Waals surface area contributed by atoms with Crippen LogP contribution in [-0.2, 0) is 0 Å². The minimum Gasteiger partial charge on any atom is -0.478 e. The predicted molar refractivity (Wildman–Crippen MR) is 101 cm³/mol. The van der Waals surface area contributed by atoms with Crippen LogP contribution in [-0.4, -0.2) is 17.0 Å². The molecule has 0 saturated heterocycles. The number of benzene rings is 2. The van der Waals surface area contributed by atoms with Crippen LogP contribution in [0.1, 0.15) is 20.7 Å². The number of carboxylic acid groups (broad SMARTS) is 1. The zero-order chi connectivity index (χ0) is 18.8. The first-order valence-corrected chi connectivity index (χ1v) is 8.87. The molecule has 4 nitrogen and oxygen atoms in total. The minimum absolute atomic E-state index is 0.0520. The number of carboxylic acids is 1. The lowest BCUT2D eigenvalue weighted by atomic mass is 10.0. The normalized spacial score (nSPS) is 10.6. The Morgan fingerprint density at radius 3 is 2.35 bits per heavy atom. The Labute approximate surface area is 161 Å². The van der Waals surface area contributed by atoms with Crippen LogP contribution in [0.5, 0.6) is 0 Å². The van der Waals surface area contributed by atoms with Gasteiger partial charge in [-0.15, -0.1) is 11.3 Å². The van der Waals surface area contributed by atoms with Gasteiger partial charge in [0.2, 0.25) is 0 Å². The van der Waals surface area contributed by atoms with E-state index in [-0.39, 0.29) is 16.1 Å². The van der Waals surface area contributed by atoms with Gasteiger partial charge in [-0.05, 0) is 42.0 Å². The van der Waals surface area contributed by atoms with Crippen molar-refractivity contribution in [2.24, 2.45) is 0 Å². The van der Waals surface area contributed by atoms with Crippen molar-refractivity contribution in [3.05, 3.63) is 74.8 Å². The quantitative estimate of drug-likeness (QED) is 0.570. The largest absolute Gasteiger partial charge is 0.478 e. The fraction of sp³-hybridized carbons (Fsp3) is 0. The third-order valence-electron chi connectivity index (χ3n) is 3.57. The average molecular weight is 410 g/mol. The lowest BCUT2D eigenvalue weighted by Crippen LogP contribution is -2.13. The number of amides is 1. The van der Waals surface area contributed by atoms with Crippen LogP contribution in [0.3, 0.4) is 0 Å². The summed E-state index contributed by atoms with van der Waals surface area (Å²) < 4.78 is 13.0. The van der Waals surface area contributed by atoms with Crippen molar-refractivity contribution < 1.29 is 19.1 Å². The van der Waals surface area contributed by atoms with Crippen molar-refractivity contribution in [3.63, 3.8) is 0 Å². The summed E-state index contributed by atoms with van der Waals surface area (Å²) in [6.07, 6.45) is 0. The molecule has 0 atom stereocenters. The summed E-state index contributed by atoms with van der Waals surface area (Å²) in [4.78, 5) is 24.0. The molecule has 1 amide bonds. The summed E-state index contributed by atoms with van der Waals surface area (Å²) in [6.45, 7) is 0. The van der Waals surface area contributed by atoms with Crippen molar-refractivity contribution in [2.75, 3.05) is 5.32 Å². The summed E-state index contributed by atoms with van der Waals surface area (Å²) in [7, 11) is 0. The standard InChI is InChI=1S/C18H10Cl2FNO3S/c19-13-6-3-10(7-14(13)20)12-8-26-17(15(12)18(24)25)22-16(23)9-1-4-11(21)5-2-9/h1-8H,(H,22,23)(H,24,25). The van der Waals surface area contributed by atoms with Gasteiger partial charge in [0.15, 0.2) is 0 Å². The summed E-state index contributed by atoms with van der Waals surface area (Å²) in [5.41, 5.74) is 1.14. The SMILES string of the molecule is O=C(Nc1scc(-c2ccc(Cl)c(Cl)c2)c1C(=O)O)c1ccc(F)cc1. The Morgan fingerprint density at radius 2 is 1.73 bits per heavy atom. The molecule has 3 aromatic rings. The Hall–Kier alpha value is -2.41. The van der Waals surface area contributed by atoms with E-state index >= 15 is 0 Å². The predicted octanol–water partition coefficient (Wildman–Crippen LogP) is 5.81. The van der Waals surface area contributed by atoms with Crippen LogP contribution in [0.4, 0.5) is 9.39 Å². The first-order valence-electron chi connectivity index (χ1n) is 7.24. The second-order valence-electron chi connectivity index (χ2n) is 5.25. The van der Waals surface area contributed by atoms with Crippen LogP contribution in [0.25, 0.3) is 11.1 Å². The monoisotopic (exact) mass is 409 g/mol. The molecule has 0 saturated carbocycles. The van der Waals surface area contributed by atoms with E-state index in [0.29, 0.717) is 21.2 Å². The zero-order valence-corrected chi connectivity index (χ0v) is 15.3. The van der Waals surface area contributed by atoms with E-state index < -0.39 is 17.7 Å². The number of hydrogen-bond acceptors (Lipinski definition) is 3. The molecule has 132 valence electrons. The van der Waals surface area contributed by atoms with Gasteiger partial charge < -0.3 is 10.4 Å². The maximum Gasteiger partial charge on any atom is 0.339 e. The van der Waals surface area contributed by atoms with Crippen molar-refractivity contribution in [1.29, 1.82) is 0 Å². The third kappa shape index (κ3) is 3.72. The molecule has 0 spiro atoms. The van der Waals surface area contributed by atoms with E-state index in [0.717, 1.165) is 23.5 Å². The first kappa shape index (κ1) is 18.4. The number of rotatable bonds is 4. The molecule has 2 aromatic carbocycles. The average Bonchev–Trinajstić information content (AvgIpc) is 3.01. The van der Waals surface area contributed by atoms with E-state index in [1.54, 1.807) is 23.6 Å². The highest BCUT2D eigenvalue weighted by Crippen LogP contribution is 2.38. The number of nitrogens with one attached hydrogen (secondary N) is 1. The van der Waals surface area contributed by atoms with E-state index in [1.165, 1.54) is 12.1 Å². The number of thiophene rings is 1. The molecule has 0 aliphatic rings. The van der Waals surface area contributed by atoms with Crippen LogP contribution in [0.2, 0.25) is 10.0 Å². The molecule has 1 aromatic heterocycles. The number of hydrogen-bond donors (Lipinski definition) is 2. The Bertz CT molecular complexity index is 1000. The van der Waals surface area contributed by atoms with E-state index in [4.69, 9.17) is 23.2 Å². The lowest BCUT2D eigenvalue weighted by molar-refractivity contribution is 0.0699. The second kappa shape index (κ2) is 7.45. The molecule has 26 heavy (non-hydrogen) atoms. The molecule has 0 bridgehead atoms. The molecule has 2 N–H and O–H groups in total. The molecule has 0 radical (unpaired) electrons. The Balaban J connectivity index is 1.97. The number of carbonyl (C=O) groups is 2. The number of aromatic carboxylic acids is 1.